The lowest BCUT2D eigenvalue weighted by Gasteiger charge is -2.15. The van der Waals surface area contributed by atoms with E-state index < -0.39 is 0 Å². The van der Waals surface area contributed by atoms with Gasteiger partial charge >= 0.3 is 0 Å². The maximum Gasteiger partial charge on any atom is 0.0108 e. The lowest BCUT2D eigenvalue weighted by atomic mass is 10.1. The van der Waals surface area contributed by atoms with Crippen molar-refractivity contribution in [3.8, 4) is 0 Å². The molecule has 0 bridgehead atoms. The van der Waals surface area contributed by atoms with Gasteiger partial charge in [-0.1, -0.05) is 34.1 Å². The normalized spacial score (nSPS) is 20.9. The van der Waals surface area contributed by atoms with Gasteiger partial charge in [-0.3, -0.25) is 0 Å². The van der Waals surface area contributed by atoms with Gasteiger partial charge in [0, 0.05) is 29.1 Å². The molecule has 3 heteroatoms. The van der Waals surface area contributed by atoms with Gasteiger partial charge in [-0.2, -0.15) is 0 Å². The van der Waals surface area contributed by atoms with Crippen LogP contribution in [0.3, 0.4) is 0 Å². The highest BCUT2D eigenvalue weighted by molar-refractivity contribution is 9.09. The van der Waals surface area contributed by atoms with Crippen LogP contribution in [0.5, 0.6) is 0 Å². The summed E-state index contributed by atoms with van der Waals surface area (Å²) in [5, 5.41) is 1.16. The van der Waals surface area contributed by atoms with Gasteiger partial charge in [0.25, 0.3) is 0 Å². The zero-order chi connectivity index (χ0) is 11.9. The number of rotatable bonds is 6. The van der Waals surface area contributed by atoms with E-state index in [9.17, 15) is 0 Å². The maximum atomic E-state index is 3.54. The zero-order valence-electron chi connectivity index (χ0n) is 10.1. The van der Waals surface area contributed by atoms with Crippen molar-refractivity contribution in [3.05, 3.63) is 30.3 Å². The molecule has 1 heterocycles. The second-order valence-electron chi connectivity index (χ2n) is 4.59. The van der Waals surface area contributed by atoms with Crippen LogP contribution >= 0.6 is 27.7 Å². The van der Waals surface area contributed by atoms with Crippen LogP contribution in [-0.4, -0.2) is 35.6 Å². The van der Waals surface area contributed by atoms with Gasteiger partial charge in [0.15, 0.2) is 0 Å². The molecule has 1 saturated heterocycles. The predicted octanol–water partition coefficient (Wildman–Crippen LogP) is 3.89. The van der Waals surface area contributed by atoms with E-state index in [0.717, 1.165) is 11.2 Å². The number of benzene rings is 1. The molecule has 1 aromatic carbocycles. The SMILES string of the molecule is BrCCC1CCN(CCSc2ccccc2)C1. The molecule has 17 heavy (non-hydrogen) atoms. The molecule has 0 aliphatic carbocycles. The van der Waals surface area contributed by atoms with Crippen LogP contribution in [0.2, 0.25) is 0 Å². The molecule has 1 nitrogen and oxygen atoms in total. The molecular formula is C14H20BrNS. The zero-order valence-corrected chi connectivity index (χ0v) is 12.5. The Kier molecular flexibility index (Phi) is 5.89. The molecule has 0 saturated carbocycles. The molecule has 1 aromatic rings. The van der Waals surface area contributed by atoms with E-state index in [1.54, 1.807) is 0 Å². The van der Waals surface area contributed by atoms with E-state index >= 15 is 0 Å². The van der Waals surface area contributed by atoms with E-state index in [0.29, 0.717) is 0 Å². The summed E-state index contributed by atoms with van der Waals surface area (Å²) in [6, 6.07) is 10.7. The summed E-state index contributed by atoms with van der Waals surface area (Å²) in [5.74, 6) is 2.14. The molecule has 1 atom stereocenters. The van der Waals surface area contributed by atoms with Crippen molar-refractivity contribution in [2.75, 3.05) is 30.7 Å². The fourth-order valence-corrected chi connectivity index (χ4v) is 3.90. The van der Waals surface area contributed by atoms with Crippen molar-refractivity contribution in [1.29, 1.82) is 0 Å². The molecule has 94 valence electrons. The fraction of sp³-hybridized carbons (Fsp3) is 0.571. The molecule has 1 unspecified atom stereocenters. The van der Waals surface area contributed by atoms with Crippen LogP contribution in [0.1, 0.15) is 12.8 Å². The number of hydrogen-bond donors (Lipinski definition) is 0. The first-order valence-electron chi connectivity index (χ1n) is 6.34. The van der Waals surface area contributed by atoms with Crippen molar-refractivity contribution in [2.45, 2.75) is 17.7 Å². The summed E-state index contributed by atoms with van der Waals surface area (Å²) in [4.78, 5) is 4.01. The summed E-state index contributed by atoms with van der Waals surface area (Å²) in [6.45, 7) is 3.84. The maximum absolute atomic E-state index is 3.54. The number of likely N-dealkylation sites (tertiary alicyclic amines) is 1. The van der Waals surface area contributed by atoms with Crippen molar-refractivity contribution >= 4 is 27.7 Å². The van der Waals surface area contributed by atoms with Crippen molar-refractivity contribution in [3.63, 3.8) is 0 Å². The largest absolute Gasteiger partial charge is 0.302 e. The molecule has 0 aromatic heterocycles. The van der Waals surface area contributed by atoms with Gasteiger partial charge in [-0.15, -0.1) is 11.8 Å². The Labute approximate surface area is 117 Å². The van der Waals surface area contributed by atoms with Gasteiger partial charge in [-0.25, -0.2) is 0 Å². The molecule has 0 N–H and O–H groups in total. The van der Waals surface area contributed by atoms with E-state index in [1.165, 1.54) is 43.1 Å². The second kappa shape index (κ2) is 7.45. The Morgan fingerprint density at radius 2 is 2.12 bits per heavy atom. The lowest BCUT2D eigenvalue weighted by Crippen LogP contribution is -2.23. The third kappa shape index (κ3) is 4.65. The monoisotopic (exact) mass is 313 g/mol. The molecule has 1 aliphatic rings. The predicted molar refractivity (Wildman–Crippen MR) is 80.1 cm³/mol. The first-order valence-corrected chi connectivity index (χ1v) is 8.45. The first kappa shape index (κ1) is 13.4. The van der Waals surface area contributed by atoms with Gasteiger partial charge in [0.2, 0.25) is 0 Å². The van der Waals surface area contributed by atoms with Gasteiger partial charge in [-0.05, 0) is 37.4 Å². The quantitative estimate of drug-likeness (QED) is 0.579. The molecule has 0 amide bonds. The van der Waals surface area contributed by atoms with Gasteiger partial charge < -0.3 is 4.90 Å². The van der Waals surface area contributed by atoms with Gasteiger partial charge in [0.05, 0.1) is 0 Å². The molecule has 0 radical (unpaired) electrons. The minimum Gasteiger partial charge on any atom is -0.302 e. The molecule has 0 spiro atoms. The Balaban J connectivity index is 1.63. The summed E-state index contributed by atoms with van der Waals surface area (Å²) in [6.07, 6.45) is 2.73. The third-order valence-electron chi connectivity index (χ3n) is 3.31. The second-order valence-corrected chi connectivity index (χ2v) is 6.56. The highest BCUT2D eigenvalue weighted by Crippen LogP contribution is 2.22. The number of nitrogens with zero attached hydrogens (tertiary/aromatic N) is 1. The van der Waals surface area contributed by atoms with Crippen LogP contribution in [-0.2, 0) is 0 Å². The summed E-state index contributed by atoms with van der Waals surface area (Å²) in [7, 11) is 0. The average Bonchev–Trinajstić information content (AvgIpc) is 2.79. The van der Waals surface area contributed by atoms with E-state index in [-0.39, 0.29) is 0 Å². The van der Waals surface area contributed by atoms with Crippen LogP contribution in [0.25, 0.3) is 0 Å². The minimum atomic E-state index is 0.927. The topological polar surface area (TPSA) is 3.24 Å². The molecule has 1 fully saturated rings. The first-order chi connectivity index (χ1) is 8.38. The highest BCUT2D eigenvalue weighted by atomic mass is 79.9. The average molecular weight is 314 g/mol. The molecule has 2 rings (SSSR count). The van der Waals surface area contributed by atoms with Crippen molar-refractivity contribution in [1.82, 2.24) is 4.90 Å². The van der Waals surface area contributed by atoms with Crippen LogP contribution in [0, 0.1) is 5.92 Å². The van der Waals surface area contributed by atoms with Crippen LogP contribution in [0.15, 0.2) is 35.2 Å². The summed E-state index contributed by atoms with van der Waals surface area (Å²) in [5.41, 5.74) is 0. The number of thioether (sulfide) groups is 1. The number of hydrogen-bond acceptors (Lipinski definition) is 2. The third-order valence-corrected chi connectivity index (χ3v) is 4.76. The molecule has 1 aliphatic heterocycles. The van der Waals surface area contributed by atoms with Crippen molar-refractivity contribution < 1.29 is 0 Å². The highest BCUT2D eigenvalue weighted by Gasteiger charge is 2.20. The van der Waals surface area contributed by atoms with E-state index in [2.05, 4.69) is 51.2 Å². The Morgan fingerprint density at radius 3 is 2.88 bits per heavy atom. The van der Waals surface area contributed by atoms with E-state index in [1.807, 2.05) is 11.8 Å². The summed E-state index contributed by atoms with van der Waals surface area (Å²) >= 11 is 5.51. The standard InChI is InChI=1S/C14H20BrNS/c15-8-6-13-7-9-16(12-13)10-11-17-14-4-2-1-3-5-14/h1-5,13H,6-12H2. The smallest absolute Gasteiger partial charge is 0.0108 e. The Hall–Kier alpha value is 0.0100. The molecular weight excluding hydrogens is 294 g/mol. The lowest BCUT2D eigenvalue weighted by molar-refractivity contribution is 0.343. The Morgan fingerprint density at radius 1 is 1.29 bits per heavy atom. The van der Waals surface area contributed by atoms with E-state index in [4.69, 9.17) is 0 Å². The number of alkyl halides is 1. The van der Waals surface area contributed by atoms with Gasteiger partial charge in [0.1, 0.15) is 0 Å². The summed E-state index contributed by atoms with van der Waals surface area (Å²) < 4.78 is 0. The fourth-order valence-electron chi connectivity index (χ4n) is 2.32. The van der Waals surface area contributed by atoms with Crippen LogP contribution < -0.4 is 0 Å². The number of halogens is 1. The minimum absolute atomic E-state index is 0.927. The van der Waals surface area contributed by atoms with Crippen LogP contribution in [0.4, 0.5) is 0 Å². The Bertz CT molecular complexity index is 317. The van der Waals surface area contributed by atoms with Crippen molar-refractivity contribution in [2.24, 2.45) is 5.92 Å².